The Morgan fingerprint density at radius 3 is 2.68 bits per heavy atom. The first-order valence-corrected chi connectivity index (χ1v) is 12.7. The molecule has 4 heterocycles. The van der Waals surface area contributed by atoms with Crippen LogP contribution in [0.15, 0.2) is 5.16 Å². The van der Waals surface area contributed by atoms with Crippen molar-refractivity contribution in [3.8, 4) is 0 Å². The highest BCUT2D eigenvalue weighted by molar-refractivity contribution is 14.1. The molecule has 0 saturated carbocycles. The van der Waals surface area contributed by atoms with Gasteiger partial charge in [0.05, 0.1) is 17.1 Å². The van der Waals surface area contributed by atoms with Crippen LogP contribution in [0.25, 0.3) is 10.9 Å². The van der Waals surface area contributed by atoms with Crippen molar-refractivity contribution in [3.63, 3.8) is 0 Å². The van der Waals surface area contributed by atoms with Gasteiger partial charge >= 0.3 is 6.09 Å². The molecule has 3 atom stereocenters. The number of thioether (sulfide) groups is 1. The summed E-state index contributed by atoms with van der Waals surface area (Å²) in [6.45, 7) is 7.25. The van der Waals surface area contributed by atoms with Crippen LogP contribution in [0.2, 0.25) is 5.15 Å². The molecule has 4 rings (SSSR count). The first-order valence-electron chi connectivity index (χ1n) is 10.5. The number of hydrogen-bond donors (Lipinski definition) is 0. The number of hydrogen-bond acceptors (Lipinski definition) is 7. The summed E-state index contributed by atoms with van der Waals surface area (Å²) in [6.07, 6.45) is 2.02. The minimum atomic E-state index is -0.602. The molecule has 1 saturated heterocycles. The molecule has 0 N–H and O–H groups in total. The molecule has 2 aromatic heterocycles. The molecule has 2 aliphatic heterocycles. The molecular formula is C20H24ClFIN5O2S. The summed E-state index contributed by atoms with van der Waals surface area (Å²) in [5.74, 6) is 0.917. The van der Waals surface area contributed by atoms with Gasteiger partial charge in [-0.25, -0.2) is 24.1 Å². The molecule has 0 bridgehead atoms. The topological polar surface area (TPSA) is 71.5 Å². The second kappa shape index (κ2) is 9.38. The number of pyridine rings is 1. The lowest BCUT2D eigenvalue weighted by molar-refractivity contribution is 0.121. The van der Waals surface area contributed by atoms with Gasteiger partial charge in [-0.05, 0) is 25.0 Å². The number of halogens is 3. The van der Waals surface area contributed by atoms with Gasteiger partial charge < -0.3 is 12.9 Å². The van der Waals surface area contributed by atoms with E-state index in [9.17, 15) is 4.79 Å². The summed E-state index contributed by atoms with van der Waals surface area (Å²) >= 11 is 9.31. The van der Waals surface area contributed by atoms with Gasteiger partial charge in [0.1, 0.15) is 11.3 Å². The molecular weight excluding hydrogens is 556 g/mol. The van der Waals surface area contributed by atoms with Crippen molar-refractivity contribution in [2.45, 2.75) is 63.2 Å². The molecule has 0 spiro atoms. The first kappa shape index (κ1) is 23.0. The Morgan fingerprint density at radius 2 is 2.03 bits per heavy atom. The quantitative estimate of drug-likeness (QED) is 0.203. The predicted octanol–water partition coefficient (Wildman–Crippen LogP) is 5.58. The highest BCUT2D eigenvalue weighted by Gasteiger charge is 2.42. The average molecular weight is 580 g/mol. The van der Waals surface area contributed by atoms with Crippen molar-refractivity contribution < 1.29 is 12.3 Å². The van der Waals surface area contributed by atoms with Gasteiger partial charge in [0, 0.05) is 25.0 Å². The van der Waals surface area contributed by atoms with Crippen molar-refractivity contribution in [2.24, 2.45) is 0 Å². The summed E-state index contributed by atoms with van der Waals surface area (Å²) in [5, 5.41) is 1.02. The summed E-state index contributed by atoms with van der Waals surface area (Å²) in [4.78, 5) is 30.3. The lowest BCUT2D eigenvalue weighted by Crippen LogP contribution is -2.60. The Kier molecular flexibility index (Phi) is 6.97. The number of piperazine rings is 1. The molecule has 2 aromatic rings. The van der Waals surface area contributed by atoms with E-state index in [0.29, 0.717) is 29.5 Å². The van der Waals surface area contributed by atoms with Crippen LogP contribution in [0.1, 0.15) is 51.6 Å². The van der Waals surface area contributed by atoms with E-state index >= 15 is 4.39 Å². The molecule has 168 valence electrons. The first-order chi connectivity index (χ1) is 14.9. The highest BCUT2D eigenvalue weighted by atomic mass is 127. The summed E-state index contributed by atoms with van der Waals surface area (Å²) in [7, 11) is 0. The number of fused-ring (bicyclic) bond motifs is 2. The zero-order chi connectivity index (χ0) is 22.3. The van der Waals surface area contributed by atoms with Crippen molar-refractivity contribution in [1.82, 2.24) is 19.9 Å². The van der Waals surface area contributed by atoms with E-state index in [1.807, 2.05) is 13.8 Å². The predicted molar refractivity (Wildman–Crippen MR) is 129 cm³/mol. The van der Waals surface area contributed by atoms with Crippen molar-refractivity contribution in [2.75, 3.05) is 23.7 Å². The van der Waals surface area contributed by atoms with Crippen LogP contribution in [0.4, 0.5) is 15.0 Å². The van der Waals surface area contributed by atoms with Crippen LogP contribution in [-0.4, -0.2) is 56.9 Å². The average Bonchev–Trinajstić information content (AvgIpc) is 2.90. The van der Waals surface area contributed by atoms with E-state index in [4.69, 9.17) is 19.7 Å². The normalized spacial score (nSPS) is 23.0. The van der Waals surface area contributed by atoms with E-state index in [1.165, 1.54) is 11.8 Å². The standard InChI is InChI=1S/C20H24ClFIN5O2S/c1-4-10-7-12-9-28(20(29)30-23)11(5-2)8-27(12)18-13-15(10)24-17(21)14(22)16(13)25-19(26-18)31-6-3/h10-12H,4-9H2,1-3H3/t10-,11+,12+/m0/s1. The van der Waals surface area contributed by atoms with Gasteiger partial charge in [-0.2, -0.15) is 0 Å². The van der Waals surface area contributed by atoms with Gasteiger partial charge in [-0.3, -0.25) is 0 Å². The van der Waals surface area contributed by atoms with Crippen LogP contribution >= 0.6 is 46.4 Å². The zero-order valence-corrected chi connectivity index (χ0v) is 21.3. The molecule has 0 aromatic carbocycles. The molecule has 1 fully saturated rings. The van der Waals surface area contributed by atoms with Gasteiger partial charge in [-0.1, -0.05) is 44.1 Å². The monoisotopic (exact) mass is 579 g/mol. The van der Waals surface area contributed by atoms with E-state index < -0.39 is 5.82 Å². The van der Waals surface area contributed by atoms with Gasteiger partial charge in [0.15, 0.2) is 39.1 Å². The minimum Gasteiger partial charge on any atom is -0.378 e. The van der Waals surface area contributed by atoms with Crippen molar-refractivity contribution >= 4 is 69.2 Å². The summed E-state index contributed by atoms with van der Waals surface area (Å²) in [6, 6.07) is -0.0191. The van der Waals surface area contributed by atoms with E-state index in [1.54, 1.807) is 27.9 Å². The number of aromatic nitrogens is 3. The highest BCUT2D eigenvalue weighted by Crippen LogP contribution is 2.43. The third-order valence-electron chi connectivity index (χ3n) is 6.18. The lowest BCUT2D eigenvalue weighted by Gasteiger charge is -2.46. The molecule has 11 heteroatoms. The Morgan fingerprint density at radius 1 is 1.26 bits per heavy atom. The maximum atomic E-state index is 15.1. The fourth-order valence-corrected chi connectivity index (χ4v) is 5.66. The van der Waals surface area contributed by atoms with Gasteiger partial charge in [0.25, 0.3) is 0 Å². The van der Waals surface area contributed by atoms with E-state index in [0.717, 1.165) is 30.7 Å². The Bertz CT molecular complexity index is 1020. The molecule has 31 heavy (non-hydrogen) atoms. The maximum absolute atomic E-state index is 15.1. The largest absolute Gasteiger partial charge is 0.419 e. The van der Waals surface area contributed by atoms with E-state index in [-0.39, 0.29) is 34.8 Å². The molecule has 0 unspecified atom stereocenters. The van der Waals surface area contributed by atoms with Crippen LogP contribution < -0.4 is 4.90 Å². The van der Waals surface area contributed by atoms with Crippen LogP contribution in [-0.2, 0) is 3.07 Å². The van der Waals surface area contributed by atoms with E-state index in [2.05, 4.69) is 21.8 Å². The maximum Gasteiger partial charge on any atom is 0.419 e. The Labute approximate surface area is 204 Å². The SMILES string of the molecule is CCSc1nc2c3c(nc(Cl)c(F)c3n1)[C@@H](CC)C[C@@H]1CN(C(=O)OI)[C@H](CC)CN21. The van der Waals surface area contributed by atoms with Crippen LogP contribution in [0.3, 0.4) is 0 Å². The van der Waals surface area contributed by atoms with Crippen LogP contribution in [0.5, 0.6) is 0 Å². The van der Waals surface area contributed by atoms with Crippen molar-refractivity contribution in [3.05, 3.63) is 16.7 Å². The molecule has 1 amide bonds. The number of anilines is 1. The fourth-order valence-electron chi connectivity index (χ4n) is 4.66. The third kappa shape index (κ3) is 4.03. The number of amides is 1. The smallest absolute Gasteiger partial charge is 0.378 e. The lowest BCUT2D eigenvalue weighted by atomic mass is 9.91. The second-order valence-electron chi connectivity index (χ2n) is 7.79. The fraction of sp³-hybridized carbons (Fsp3) is 0.600. The Balaban J connectivity index is 1.94. The van der Waals surface area contributed by atoms with Crippen molar-refractivity contribution in [1.29, 1.82) is 0 Å². The number of carbonyl (C=O) groups excluding carboxylic acids is 1. The van der Waals surface area contributed by atoms with Gasteiger partial charge in [-0.15, -0.1) is 0 Å². The molecule has 7 nitrogen and oxygen atoms in total. The van der Waals surface area contributed by atoms with Gasteiger partial charge in [0.2, 0.25) is 0 Å². The minimum absolute atomic E-state index is 0.0110. The zero-order valence-electron chi connectivity index (χ0n) is 17.6. The number of carbonyl (C=O) groups is 1. The Hall–Kier alpha value is -1.14. The number of rotatable bonds is 4. The summed E-state index contributed by atoms with van der Waals surface area (Å²) < 4.78 is 20.1. The molecule has 2 aliphatic rings. The number of nitrogens with zero attached hydrogens (tertiary/aromatic N) is 5. The van der Waals surface area contributed by atoms with Crippen LogP contribution in [0, 0.1) is 5.82 Å². The summed E-state index contributed by atoms with van der Waals surface area (Å²) in [5.41, 5.74) is 0.981. The molecule has 0 radical (unpaired) electrons. The third-order valence-corrected chi connectivity index (χ3v) is 7.54. The molecule has 0 aliphatic carbocycles. The second-order valence-corrected chi connectivity index (χ2v) is 9.82.